The van der Waals surface area contributed by atoms with Gasteiger partial charge in [0.2, 0.25) is 0 Å². The van der Waals surface area contributed by atoms with Crippen molar-refractivity contribution in [2.75, 3.05) is 12.8 Å². The van der Waals surface area contributed by atoms with Crippen LogP contribution < -0.4 is 15.8 Å². The number of methoxy groups -OCH3 is 1. The summed E-state index contributed by atoms with van der Waals surface area (Å²) in [5.74, 6) is -0.0849. The van der Waals surface area contributed by atoms with Crippen LogP contribution in [0.1, 0.15) is 36.5 Å². The molecule has 3 N–H and O–H groups in total. The number of ether oxygens (including phenoxy) is 2. The van der Waals surface area contributed by atoms with Crippen LogP contribution in [-0.2, 0) is 9.53 Å². The van der Waals surface area contributed by atoms with Gasteiger partial charge in [0.05, 0.1) is 18.8 Å². The normalized spacial score (nSPS) is 20.9. The fourth-order valence-corrected chi connectivity index (χ4v) is 2.55. The van der Waals surface area contributed by atoms with Crippen LogP contribution in [-0.4, -0.2) is 31.1 Å². The molecule has 2 atom stereocenters. The summed E-state index contributed by atoms with van der Waals surface area (Å²) in [7, 11) is 1.50. The van der Waals surface area contributed by atoms with Gasteiger partial charge >= 0.3 is 5.97 Å². The zero-order valence-electron chi connectivity index (χ0n) is 12.2. The first-order chi connectivity index (χ1) is 10.0. The van der Waals surface area contributed by atoms with E-state index in [1.54, 1.807) is 18.2 Å². The number of rotatable bonds is 4. The molecule has 0 aliphatic heterocycles. The summed E-state index contributed by atoms with van der Waals surface area (Å²) in [6, 6.07) is 4.72. The van der Waals surface area contributed by atoms with E-state index in [0.717, 1.165) is 19.3 Å². The zero-order chi connectivity index (χ0) is 15.4. The fourth-order valence-electron chi connectivity index (χ4n) is 2.55. The third-order valence-electron chi connectivity index (χ3n) is 3.58. The van der Waals surface area contributed by atoms with Crippen LogP contribution in [0.2, 0.25) is 0 Å². The van der Waals surface area contributed by atoms with Gasteiger partial charge in [-0.25, -0.2) is 0 Å². The molecule has 1 aromatic rings. The number of amides is 1. The lowest BCUT2D eigenvalue weighted by molar-refractivity contribution is -0.146. The SMILES string of the molecule is COc1cc(C(=O)NC2CCCC2OC(C)=O)ccc1N. The Kier molecular flexibility index (Phi) is 4.67. The maximum atomic E-state index is 12.3. The number of nitrogen functional groups attached to an aromatic ring is 1. The summed E-state index contributed by atoms with van der Waals surface area (Å²) >= 11 is 0. The zero-order valence-corrected chi connectivity index (χ0v) is 12.2. The Morgan fingerprint density at radius 2 is 2.10 bits per heavy atom. The first kappa shape index (κ1) is 15.2. The van der Waals surface area contributed by atoms with Gasteiger partial charge in [0.15, 0.2) is 0 Å². The van der Waals surface area contributed by atoms with E-state index in [2.05, 4.69) is 5.32 Å². The molecular formula is C15H20N2O4. The van der Waals surface area contributed by atoms with E-state index in [9.17, 15) is 9.59 Å². The summed E-state index contributed by atoms with van der Waals surface area (Å²) in [6.45, 7) is 1.38. The highest BCUT2D eigenvalue weighted by atomic mass is 16.5. The molecule has 1 aromatic carbocycles. The van der Waals surface area contributed by atoms with E-state index < -0.39 is 0 Å². The average Bonchev–Trinajstić information content (AvgIpc) is 2.85. The van der Waals surface area contributed by atoms with Crippen LogP contribution in [0.25, 0.3) is 0 Å². The lowest BCUT2D eigenvalue weighted by Crippen LogP contribution is -2.41. The van der Waals surface area contributed by atoms with Gasteiger partial charge in [-0.15, -0.1) is 0 Å². The van der Waals surface area contributed by atoms with E-state index in [1.807, 2.05) is 0 Å². The molecule has 1 saturated carbocycles. The van der Waals surface area contributed by atoms with E-state index in [-0.39, 0.29) is 24.0 Å². The number of benzene rings is 1. The second-order valence-electron chi connectivity index (χ2n) is 5.12. The molecule has 2 rings (SSSR count). The lowest BCUT2D eigenvalue weighted by Gasteiger charge is -2.21. The first-order valence-corrected chi connectivity index (χ1v) is 6.93. The Bertz CT molecular complexity index is 544. The van der Waals surface area contributed by atoms with Crippen molar-refractivity contribution in [3.63, 3.8) is 0 Å². The quantitative estimate of drug-likeness (QED) is 0.648. The Labute approximate surface area is 123 Å². The maximum Gasteiger partial charge on any atom is 0.302 e. The molecule has 2 unspecified atom stereocenters. The third kappa shape index (κ3) is 3.65. The molecule has 21 heavy (non-hydrogen) atoms. The second kappa shape index (κ2) is 6.47. The molecule has 0 heterocycles. The summed E-state index contributed by atoms with van der Waals surface area (Å²) < 4.78 is 10.3. The first-order valence-electron chi connectivity index (χ1n) is 6.93. The molecule has 114 valence electrons. The second-order valence-corrected chi connectivity index (χ2v) is 5.12. The molecule has 1 aliphatic rings. The highest BCUT2D eigenvalue weighted by molar-refractivity contribution is 5.95. The predicted octanol–water partition coefficient (Wildman–Crippen LogP) is 1.49. The van der Waals surface area contributed by atoms with Crippen LogP contribution in [0.15, 0.2) is 18.2 Å². The monoisotopic (exact) mass is 292 g/mol. The van der Waals surface area contributed by atoms with Crippen molar-refractivity contribution in [3.05, 3.63) is 23.8 Å². The largest absolute Gasteiger partial charge is 0.495 e. The molecule has 0 saturated heterocycles. The van der Waals surface area contributed by atoms with E-state index in [0.29, 0.717) is 17.0 Å². The van der Waals surface area contributed by atoms with Crippen molar-refractivity contribution in [1.82, 2.24) is 5.32 Å². The minimum atomic E-state index is -0.324. The summed E-state index contributed by atoms with van der Waals surface area (Å²) in [5.41, 5.74) is 6.67. The van der Waals surface area contributed by atoms with Gasteiger partial charge < -0.3 is 20.5 Å². The van der Waals surface area contributed by atoms with Crippen LogP contribution in [0.5, 0.6) is 5.75 Å². The van der Waals surface area contributed by atoms with E-state index >= 15 is 0 Å². The maximum absolute atomic E-state index is 12.3. The van der Waals surface area contributed by atoms with Gasteiger partial charge in [0.25, 0.3) is 5.91 Å². The summed E-state index contributed by atoms with van der Waals surface area (Å²) in [4.78, 5) is 23.3. The number of hydrogen-bond acceptors (Lipinski definition) is 5. The van der Waals surface area contributed by atoms with Crippen LogP contribution >= 0.6 is 0 Å². The highest BCUT2D eigenvalue weighted by Crippen LogP contribution is 2.25. The van der Waals surface area contributed by atoms with Gasteiger partial charge in [-0.3, -0.25) is 9.59 Å². The number of anilines is 1. The minimum Gasteiger partial charge on any atom is -0.495 e. The Morgan fingerprint density at radius 1 is 1.33 bits per heavy atom. The van der Waals surface area contributed by atoms with Crippen molar-refractivity contribution in [3.8, 4) is 5.75 Å². The molecule has 0 radical (unpaired) electrons. The fraction of sp³-hybridized carbons (Fsp3) is 0.467. The van der Waals surface area contributed by atoms with Crippen LogP contribution in [0.3, 0.4) is 0 Å². The smallest absolute Gasteiger partial charge is 0.302 e. The van der Waals surface area contributed by atoms with Crippen LogP contribution in [0, 0.1) is 0 Å². The third-order valence-corrected chi connectivity index (χ3v) is 3.58. The molecular weight excluding hydrogens is 272 g/mol. The summed E-state index contributed by atoms with van der Waals surface area (Å²) in [6.07, 6.45) is 2.25. The van der Waals surface area contributed by atoms with Crippen molar-refractivity contribution in [2.45, 2.75) is 38.3 Å². The summed E-state index contributed by atoms with van der Waals surface area (Å²) in [5, 5.41) is 2.91. The standard InChI is InChI=1S/C15H20N2O4/c1-9(18)21-13-5-3-4-12(13)17-15(19)10-6-7-11(16)14(8-10)20-2/h6-8,12-13H,3-5,16H2,1-2H3,(H,17,19). The number of hydrogen-bond donors (Lipinski definition) is 2. The van der Waals surface area contributed by atoms with Gasteiger partial charge in [-0.1, -0.05) is 0 Å². The number of carbonyl (C=O) groups is 2. The molecule has 0 aromatic heterocycles. The van der Waals surface area contributed by atoms with Gasteiger partial charge in [-0.2, -0.15) is 0 Å². The molecule has 0 bridgehead atoms. The molecule has 1 aliphatic carbocycles. The van der Waals surface area contributed by atoms with Crippen LogP contribution in [0.4, 0.5) is 5.69 Å². The molecule has 6 heteroatoms. The molecule has 1 fully saturated rings. The predicted molar refractivity (Wildman–Crippen MR) is 78.1 cm³/mol. The number of nitrogens with two attached hydrogens (primary N) is 1. The molecule has 6 nitrogen and oxygen atoms in total. The molecule has 1 amide bonds. The molecule has 0 spiro atoms. The van der Waals surface area contributed by atoms with Crippen molar-refractivity contribution in [1.29, 1.82) is 0 Å². The Hall–Kier alpha value is -2.24. The van der Waals surface area contributed by atoms with Gasteiger partial charge in [0, 0.05) is 12.5 Å². The average molecular weight is 292 g/mol. The van der Waals surface area contributed by atoms with Crippen molar-refractivity contribution < 1.29 is 19.1 Å². The topological polar surface area (TPSA) is 90.6 Å². The van der Waals surface area contributed by atoms with Crippen molar-refractivity contribution >= 4 is 17.6 Å². The highest BCUT2D eigenvalue weighted by Gasteiger charge is 2.31. The van der Waals surface area contributed by atoms with Gasteiger partial charge in [-0.05, 0) is 37.5 Å². The lowest BCUT2D eigenvalue weighted by atomic mass is 10.1. The Balaban J connectivity index is 2.05. The number of esters is 1. The van der Waals surface area contributed by atoms with Crippen molar-refractivity contribution in [2.24, 2.45) is 0 Å². The van der Waals surface area contributed by atoms with E-state index in [4.69, 9.17) is 15.2 Å². The number of nitrogens with one attached hydrogen (secondary N) is 1. The number of carbonyl (C=O) groups excluding carboxylic acids is 2. The Morgan fingerprint density at radius 3 is 2.76 bits per heavy atom. The van der Waals surface area contributed by atoms with Gasteiger partial charge in [0.1, 0.15) is 11.9 Å². The van der Waals surface area contributed by atoms with E-state index in [1.165, 1.54) is 14.0 Å². The minimum absolute atomic E-state index is 0.148.